The van der Waals surface area contributed by atoms with Gasteiger partial charge >= 0.3 is 5.97 Å². The van der Waals surface area contributed by atoms with Crippen LogP contribution in [0.4, 0.5) is 0 Å². The number of methoxy groups -OCH3 is 1. The minimum absolute atomic E-state index is 0.0314. The summed E-state index contributed by atoms with van der Waals surface area (Å²) in [6, 6.07) is 7.34. The van der Waals surface area contributed by atoms with Crippen LogP contribution in [0.15, 0.2) is 41.9 Å². The van der Waals surface area contributed by atoms with Crippen molar-refractivity contribution in [3.63, 3.8) is 0 Å². The Morgan fingerprint density at radius 3 is 2.70 bits per heavy atom. The molecule has 0 spiro atoms. The lowest BCUT2D eigenvalue weighted by Crippen LogP contribution is -1.96. The molecule has 0 radical (unpaired) electrons. The van der Waals surface area contributed by atoms with Crippen LogP contribution in [-0.2, 0) is 14.3 Å². The van der Waals surface area contributed by atoms with Gasteiger partial charge in [0.15, 0.2) is 5.78 Å². The highest BCUT2D eigenvalue weighted by atomic mass is 16.5. The van der Waals surface area contributed by atoms with Crippen molar-refractivity contribution in [3.05, 3.63) is 53.0 Å². The number of rotatable bonds is 3. The monoisotopic (exact) mass is 272 g/mol. The van der Waals surface area contributed by atoms with Gasteiger partial charge in [0.2, 0.25) is 0 Å². The van der Waals surface area contributed by atoms with E-state index < -0.39 is 5.97 Å². The highest BCUT2D eigenvalue weighted by molar-refractivity contribution is 5.94. The van der Waals surface area contributed by atoms with Gasteiger partial charge in [0.05, 0.1) is 13.2 Å². The summed E-state index contributed by atoms with van der Waals surface area (Å²) in [5.74, 6) is 0.996. The molecule has 4 heteroatoms. The van der Waals surface area contributed by atoms with E-state index in [1.807, 2.05) is 24.3 Å². The van der Waals surface area contributed by atoms with Gasteiger partial charge < -0.3 is 9.47 Å². The molecule has 0 aliphatic carbocycles. The van der Waals surface area contributed by atoms with E-state index in [4.69, 9.17) is 4.74 Å². The fourth-order valence-electron chi connectivity index (χ4n) is 1.94. The second kappa shape index (κ2) is 6.19. The van der Waals surface area contributed by atoms with Crippen LogP contribution in [0.5, 0.6) is 0 Å². The molecule has 1 fully saturated rings. The Labute approximate surface area is 117 Å². The van der Waals surface area contributed by atoms with Crippen LogP contribution in [0.3, 0.4) is 0 Å². The summed E-state index contributed by atoms with van der Waals surface area (Å²) in [4.78, 5) is 22.4. The lowest BCUT2D eigenvalue weighted by molar-refractivity contribution is -0.135. The average Bonchev–Trinajstić information content (AvgIpc) is 2.86. The lowest BCUT2D eigenvalue weighted by Gasteiger charge is -2.01. The number of hydrogen-bond acceptors (Lipinski definition) is 4. The van der Waals surface area contributed by atoms with Crippen LogP contribution in [0.25, 0.3) is 6.08 Å². The van der Waals surface area contributed by atoms with Crippen LogP contribution < -0.4 is 0 Å². The lowest BCUT2D eigenvalue weighted by atomic mass is 10.1. The number of benzene rings is 1. The Hall–Kier alpha value is -2.36. The maximum atomic E-state index is 11.3. The third-order valence-corrected chi connectivity index (χ3v) is 2.98. The molecule has 0 amide bonds. The molecule has 1 aromatic carbocycles. The van der Waals surface area contributed by atoms with Crippen molar-refractivity contribution in [1.82, 2.24) is 0 Å². The number of ether oxygens (including phenoxy) is 2. The molecular formula is C16H16O4. The molecule has 0 atom stereocenters. The van der Waals surface area contributed by atoms with E-state index in [0.717, 1.165) is 17.7 Å². The second-order valence-electron chi connectivity index (χ2n) is 4.53. The summed E-state index contributed by atoms with van der Waals surface area (Å²) in [6.45, 7) is 1.54. The first kappa shape index (κ1) is 14.1. The van der Waals surface area contributed by atoms with E-state index in [0.29, 0.717) is 17.7 Å². The predicted octanol–water partition coefficient (Wildman–Crippen LogP) is 3.10. The Morgan fingerprint density at radius 1 is 1.25 bits per heavy atom. The van der Waals surface area contributed by atoms with Crippen molar-refractivity contribution >= 4 is 17.8 Å². The second-order valence-corrected chi connectivity index (χ2v) is 4.53. The summed E-state index contributed by atoms with van der Waals surface area (Å²) in [7, 11) is 1.33. The molecule has 0 bridgehead atoms. The van der Waals surface area contributed by atoms with Crippen molar-refractivity contribution < 1.29 is 19.1 Å². The van der Waals surface area contributed by atoms with Gasteiger partial charge in [0.25, 0.3) is 0 Å². The van der Waals surface area contributed by atoms with Gasteiger partial charge in [-0.1, -0.05) is 18.2 Å². The number of hydrogen-bond donors (Lipinski definition) is 0. The summed E-state index contributed by atoms with van der Waals surface area (Å²) < 4.78 is 10.1. The molecule has 104 valence electrons. The van der Waals surface area contributed by atoms with Crippen molar-refractivity contribution in [2.75, 3.05) is 7.11 Å². The standard InChI is InChI=1S/C16H16O4/c1-11(17)13-5-3-4-12(8-13)9-14-6-7-15(20-14)10-16(18)19-2/h3-5,8-10H,6-7H2,1-2H3/b14-9+,15-10+. The van der Waals surface area contributed by atoms with Crippen LogP contribution in [0, 0.1) is 0 Å². The van der Waals surface area contributed by atoms with E-state index in [1.165, 1.54) is 20.1 Å². The first-order valence-corrected chi connectivity index (χ1v) is 6.36. The van der Waals surface area contributed by atoms with E-state index in [-0.39, 0.29) is 5.78 Å². The third-order valence-electron chi connectivity index (χ3n) is 2.98. The van der Waals surface area contributed by atoms with Crippen molar-refractivity contribution in [1.29, 1.82) is 0 Å². The Bertz CT molecular complexity index is 596. The summed E-state index contributed by atoms with van der Waals surface area (Å²) in [5.41, 5.74) is 1.58. The van der Waals surface area contributed by atoms with Crippen LogP contribution in [0.1, 0.15) is 35.7 Å². The molecule has 1 heterocycles. The van der Waals surface area contributed by atoms with Gasteiger partial charge in [-0.3, -0.25) is 4.79 Å². The first-order chi connectivity index (χ1) is 9.58. The number of carbonyl (C=O) groups is 2. The highest BCUT2D eigenvalue weighted by Crippen LogP contribution is 2.28. The minimum atomic E-state index is -0.417. The molecule has 0 saturated carbocycles. The van der Waals surface area contributed by atoms with Crippen LogP contribution in [-0.4, -0.2) is 18.9 Å². The van der Waals surface area contributed by atoms with Gasteiger partial charge in [-0.05, 0) is 24.6 Å². The number of carbonyl (C=O) groups excluding carboxylic acids is 2. The number of esters is 1. The molecule has 0 aromatic heterocycles. The number of ketones is 1. The zero-order valence-electron chi connectivity index (χ0n) is 11.5. The summed E-state index contributed by atoms with van der Waals surface area (Å²) in [6.07, 6.45) is 4.64. The maximum absolute atomic E-state index is 11.3. The highest BCUT2D eigenvalue weighted by Gasteiger charge is 2.15. The quantitative estimate of drug-likeness (QED) is 0.482. The van der Waals surface area contributed by atoms with Crippen LogP contribution in [0.2, 0.25) is 0 Å². The average molecular weight is 272 g/mol. The Morgan fingerprint density at radius 2 is 2.00 bits per heavy atom. The Kier molecular flexibility index (Phi) is 4.35. The van der Waals surface area contributed by atoms with E-state index in [9.17, 15) is 9.59 Å². The molecule has 1 aromatic rings. The predicted molar refractivity (Wildman–Crippen MR) is 74.8 cm³/mol. The Balaban J connectivity index is 2.13. The molecule has 0 N–H and O–H groups in total. The van der Waals surface area contributed by atoms with Gasteiger partial charge in [-0.2, -0.15) is 0 Å². The molecule has 4 nitrogen and oxygen atoms in total. The van der Waals surface area contributed by atoms with Gasteiger partial charge in [0.1, 0.15) is 11.5 Å². The van der Waals surface area contributed by atoms with Crippen molar-refractivity contribution in [2.45, 2.75) is 19.8 Å². The SMILES string of the molecule is COC(=O)/C=C1\CC/C(=C\c2cccc(C(C)=O)c2)O1. The summed E-state index contributed by atoms with van der Waals surface area (Å²) in [5, 5.41) is 0. The van der Waals surface area contributed by atoms with Crippen molar-refractivity contribution in [3.8, 4) is 0 Å². The van der Waals surface area contributed by atoms with E-state index in [2.05, 4.69) is 4.74 Å². The minimum Gasteiger partial charge on any atom is -0.466 e. The molecule has 1 aliphatic heterocycles. The first-order valence-electron chi connectivity index (χ1n) is 6.36. The number of Topliss-reactive ketones (excluding diaryl/α,β-unsaturated/α-hetero) is 1. The maximum Gasteiger partial charge on any atom is 0.333 e. The molecule has 1 saturated heterocycles. The molecular weight excluding hydrogens is 256 g/mol. The third kappa shape index (κ3) is 3.57. The zero-order valence-corrected chi connectivity index (χ0v) is 11.5. The van der Waals surface area contributed by atoms with Gasteiger partial charge in [-0.25, -0.2) is 4.79 Å². The zero-order chi connectivity index (χ0) is 14.5. The molecule has 0 unspecified atom stereocenters. The van der Waals surface area contributed by atoms with Gasteiger partial charge in [-0.15, -0.1) is 0 Å². The smallest absolute Gasteiger partial charge is 0.333 e. The summed E-state index contributed by atoms with van der Waals surface area (Å²) >= 11 is 0. The largest absolute Gasteiger partial charge is 0.466 e. The number of allylic oxidation sites excluding steroid dienone is 2. The van der Waals surface area contributed by atoms with E-state index in [1.54, 1.807) is 6.07 Å². The molecule has 20 heavy (non-hydrogen) atoms. The fourth-order valence-corrected chi connectivity index (χ4v) is 1.94. The van der Waals surface area contributed by atoms with Crippen LogP contribution >= 0.6 is 0 Å². The topological polar surface area (TPSA) is 52.6 Å². The van der Waals surface area contributed by atoms with Gasteiger partial charge in [0, 0.05) is 18.4 Å². The van der Waals surface area contributed by atoms with E-state index >= 15 is 0 Å². The molecule has 2 rings (SSSR count). The molecule has 1 aliphatic rings. The normalized spacial score (nSPS) is 18.1. The fraction of sp³-hybridized carbons (Fsp3) is 0.250. The van der Waals surface area contributed by atoms with Crippen molar-refractivity contribution in [2.24, 2.45) is 0 Å².